The Hall–Kier alpha value is -1.97. The van der Waals surface area contributed by atoms with Crippen LogP contribution in [0.2, 0.25) is 0 Å². The lowest BCUT2D eigenvalue weighted by atomic mass is 9.71. The van der Waals surface area contributed by atoms with Crippen molar-refractivity contribution in [1.82, 2.24) is 10.2 Å². The monoisotopic (exact) mass is 328 g/mol. The van der Waals surface area contributed by atoms with E-state index in [4.69, 9.17) is 4.74 Å². The Labute approximate surface area is 144 Å². The van der Waals surface area contributed by atoms with Crippen LogP contribution in [-0.2, 0) is 4.79 Å². The molecule has 2 aliphatic rings. The van der Waals surface area contributed by atoms with E-state index in [1.54, 1.807) is 7.11 Å². The summed E-state index contributed by atoms with van der Waals surface area (Å²) in [5, 5.41) is 3.56. The lowest BCUT2D eigenvalue weighted by Crippen LogP contribution is -2.54. The van der Waals surface area contributed by atoms with Gasteiger partial charge in [-0.3, -0.25) is 4.79 Å². The molecule has 0 aromatic heterocycles. The van der Waals surface area contributed by atoms with Gasteiger partial charge in [-0.1, -0.05) is 38.0 Å². The molecule has 1 spiro atoms. The third-order valence-corrected chi connectivity index (χ3v) is 5.79. The number of methoxy groups -OCH3 is 1. The van der Waals surface area contributed by atoms with Crippen molar-refractivity contribution in [3.05, 3.63) is 35.5 Å². The molecule has 2 atom stereocenters. The fourth-order valence-electron chi connectivity index (χ4n) is 4.56. The highest BCUT2D eigenvalue weighted by atomic mass is 16.5. The van der Waals surface area contributed by atoms with E-state index in [1.807, 2.05) is 36.2 Å². The lowest BCUT2D eigenvalue weighted by Gasteiger charge is -2.46. The molecule has 1 fully saturated rings. The van der Waals surface area contributed by atoms with Crippen LogP contribution in [0.4, 0.5) is 0 Å². The van der Waals surface area contributed by atoms with Crippen molar-refractivity contribution in [2.45, 2.75) is 45.1 Å². The Morgan fingerprint density at radius 1 is 1.33 bits per heavy atom. The number of likely N-dealkylation sites (N-methyl/N-ethyl adjacent to an activating group) is 2. The van der Waals surface area contributed by atoms with Crippen LogP contribution in [0.1, 0.15) is 45.1 Å². The summed E-state index contributed by atoms with van der Waals surface area (Å²) in [5.74, 6) is 1.30. The largest absolute Gasteiger partial charge is 0.496 e. The van der Waals surface area contributed by atoms with E-state index in [9.17, 15) is 4.79 Å². The van der Waals surface area contributed by atoms with Crippen LogP contribution in [0.5, 0.6) is 5.75 Å². The highest BCUT2D eigenvalue weighted by molar-refractivity contribution is 6.24. The zero-order valence-electron chi connectivity index (χ0n) is 15.2. The standard InChI is InChI=1S/C20H28N2O2/c1-5-21-18-17(15-11-6-7-12-16(15)24-4)19(23)22(3)20(18)13-9-8-10-14(20)2/h6-7,11-12,14,21H,5,8-10,13H2,1-4H3. The van der Waals surface area contributed by atoms with Crippen LogP contribution in [0.15, 0.2) is 30.0 Å². The number of carbonyl (C=O) groups excluding carboxylic acids is 1. The van der Waals surface area contributed by atoms with Gasteiger partial charge in [-0.2, -0.15) is 0 Å². The number of carbonyl (C=O) groups is 1. The van der Waals surface area contributed by atoms with Crippen molar-refractivity contribution < 1.29 is 9.53 Å². The summed E-state index contributed by atoms with van der Waals surface area (Å²) in [4.78, 5) is 15.2. The number of nitrogens with zero attached hydrogens (tertiary/aromatic N) is 1. The normalized spacial score (nSPS) is 27.1. The number of hydrogen-bond donors (Lipinski definition) is 1. The van der Waals surface area contributed by atoms with Gasteiger partial charge in [-0.05, 0) is 31.7 Å². The van der Waals surface area contributed by atoms with Crippen LogP contribution in [0.3, 0.4) is 0 Å². The van der Waals surface area contributed by atoms with Gasteiger partial charge in [-0.15, -0.1) is 0 Å². The highest BCUT2D eigenvalue weighted by Gasteiger charge is 2.54. The number of rotatable bonds is 4. The molecule has 24 heavy (non-hydrogen) atoms. The summed E-state index contributed by atoms with van der Waals surface area (Å²) < 4.78 is 5.54. The second kappa shape index (κ2) is 6.50. The van der Waals surface area contributed by atoms with Crippen molar-refractivity contribution in [2.24, 2.45) is 5.92 Å². The highest BCUT2D eigenvalue weighted by Crippen LogP contribution is 2.50. The first-order chi connectivity index (χ1) is 11.6. The fraction of sp³-hybridized carbons (Fsp3) is 0.550. The molecule has 1 aromatic carbocycles. The molecule has 0 radical (unpaired) electrons. The number of para-hydroxylation sites is 1. The summed E-state index contributed by atoms with van der Waals surface area (Å²) in [7, 11) is 3.62. The Bertz CT molecular complexity index is 667. The first-order valence-corrected chi connectivity index (χ1v) is 8.98. The Morgan fingerprint density at radius 3 is 2.75 bits per heavy atom. The average molecular weight is 328 g/mol. The molecule has 0 bridgehead atoms. The summed E-state index contributed by atoms with van der Waals surface area (Å²) in [6.45, 7) is 5.19. The molecule has 1 saturated carbocycles. The maximum atomic E-state index is 13.3. The molecule has 2 unspecified atom stereocenters. The van der Waals surface area contributed by atoms with Gasteiger partial charge in [0.25, 0.3) is 5.91 Å². The van der Waals surface area contributed by atoms with E-state index in [0.717, 1.165) is 48.4 Å². The first kappa shape index (κ1) is 16.9. The van der Waals surface area contributed by atoms with Gasteiger partial charge in [0.05, 0.1) is 23.9 Å². The van der Waals surface area contributed by atoms with Gasteiger partial charge in [0.2, 0.25) is 0 Å². The number of nitrogens with one attached hydrogen (secondary N) is 1. The summed E-state index contributed by atoms with van der Waals surface area (Å²) in [6, 6.07) is 7.83. The lowest BCUT2D eigenvalue weighted by molar-refractivity contribution is -0.128. The first-order valence-electron chi connectivity index (χ1n) is 8.98. The molecule has 1 aromatic rings. The average Bonchev–Trinajstić information content (AvgIpc) is 2.80. The van der Waals surface area contributed by atoms with Crippen molar-refractivity contribution in [3.63, 3.8) is 0 Å². The SMILES string of the molecule is CCNC1=C(c2ccccc2OC)C(=O)N(C)C12CCCCC2C. The summed E-state index contributed by atoms with van der Waals surface area (Å²) in [6.07, 6.45) is 4.59. The molecule has 4 nitrogen and oxygen atoms in total. The molecule has 1 aliphatic carbocycles. The van der Waals surface area contributed by atoms with E-state index in [-0.39, 0.29) is 11.4 Å². The minimum Gasteiger partial charge on any atom is -0.496 e. The predicted molar refractivity (Wildman–Crippen MR) is 96.7 cm³/mol. The summed E-state index contributed by atoms with van der Waals surface area (Å²) >= 11 is 0. The minimum atomic E-state index is -0.207. The maximum absolute atomic E-state index is 13.3. The van der Waals surface area contributed by atoms with E-state index in [2.05, 4.69) is 19.2 Å². The van der Waals surface area contributed by atoms with Crippen LogP contribution in [0, 0.1) is 5.92 Å². The van der Waals surface area contributed by atoms with E-state index < -0.39 is 0 Å². The molecular formula is C20H28N2O2. The van der Waals surface area contributed by atoms with Crippen molar-refractivity contribution in [3.8, 4) is 5.75 Å². The van der Waals surface area contributed by atoms with Crippen LogP contribution >= 0.6 is 0 Å². The zero-order valence-corrected chi connectivity index (χ0v) is 15.2. The molecular weight excluding hydrogens is 300 g/mol. The molecule has 4 heteroatoms. The van der Waals surface area contributed by atoms with Crippen LogP contribution < -0.4 is 10.1 Å². The molecule has 3 rings (SSSR count). The Balaban J connectivity index is 2.23. The number of hydrogen-bond acceptors (Lipinski definition) is 3. The van der Waals surface area contributed by atoms with Gasteiger partial charge in [0.1, 0.15) is 5.75 Å². The van der Waals surface area contributed by atoms with E-state index in [1.165, 1.54) is 6.42 Å². The molecule has 1 heterocycles. The summed E-state index contributed by atoms with van der Waals surface area (Å²) in [5.41, 5.74) is 2.56. The Morgan fingerprint density at radius 2 is 2.08 bits per heavy atom. The molecule has 130 valence electrons. The minimum absolute atomic E-state index is 0.101. The van der Waals surface area contributed by atoms with Crippen molar-refractivity contribution >= 4 is 11.5 Å². The number of benzene rings is 1. The zero-order chi connectivity index (χ0) is 17.3. The van der Waals surface area contributed by atoms with Gasteiger partial charge < -0.3 is 15.0 Å². The van der Waals surface area contributed by atoms with Gasteiger partial charge in [0.15, 0.2) is 0 Å². The topological polar surface area (TPSA) is 41.6 Å². The Kier molecular flexibility index (Phi) is 4.57. The second-order valence-corrected chi connectivity index (χ2v) is 6.92. The van der Waals surface area contributed by atoms with Crippen LogP contribution in [-0.4, -0.2) is 37.0 Å². The van der Waals surface area contributed by atoms with Gasteiger partial charge >= 0.3 is 0 Å². The molecule has 1 aliphatic heterocycles. The van der Waals surface area contributed by atoms with Gasteiger partial charge in [-0.25, -0.2) is 0 Å². The smallest absolute Gasteiger partial charge is 0.256 e. The van der Waals surface area contributed by atoms with E-state index >= 15 is 0 Å². The third-order valence-electron chi connectivity index (χ3n) is 5.79. The third kappa shape index (κ3) is 2.31. The molecule has 0 saturated heterocycles. The molecule has 1 N–H and O–H groups in total. The molecule has 1 amide bonds. The van der Waals surface area contributed by atoms with E-state index in [0.29, 0.717) is 5.92 Å². The predicted octanol–water partition coefficient (Wildman–Crippen LogP) is 3.44. The number of ether oxygens (including phenoxy) is 1. The van der Waals surface area contributed by atoms with Crippen molar-refractivity contribution in [2.75, 3.05) is 20.7 Å². The fourth-order valence-corrected chi connectivity index (χ4v) is 4.56. The van der Waals surface area contributed by atoms with Crippen LogP contribution in [0.25, 0.3) is 5.57 Å². The van der Waals surface area contributed by atoms with Gasteiger partial charge in [0, 0.05) is 19.2 Å². The van der Waals surface area contributed by atoms with Crippen molar-refractivity contribution in [1.29, 1.82) is 0 Å². The second-order valence-electron chi connectivity index (χ2n) is 6.92. The quantitative estimate of drug-likeness (QED) is 0.920. The number of amides is 1. The maximum Gasteiger partial charge on any atom is 0.256 e.